The van der Waals surface area contributed by atoms with Crippen LogP contribution in [0, 0.1) is 11.6 Å². The number of fused-ring (bicyclic) bond motifs is 1. The van der Waals surface area contributed by atoms with Crippen molar-refractivity contribution in [2.75, 3.05) is 13.7 Å². The molecular weight excluding hydrogens is 544 g/mol. The maximum atomic E-state index is 14.4. The molecule has 1 fully saturated rings. The van der Waals surface area contributed by atoms with Gasteiger partial charge < -0.3 is 23.8 Å². The van der Waals surface area contributed by atoms with Crippen LogP contribution in [0.4, 0.5) is 8.78 Å². The Morgan fingerprint density at radius 3 is 2.48 bits per heavy atom. The molecule has 3 aromatic rings. The normalized spacial score (nSPS) is 17.4. The monoisotopic (exact) mass is 579 g/mol. The minimum Gasteiger partial charge on any atom is -0.493 e. The quantitative estimate of drug-likeness (QED) is 0.272. The van der Waals surface area contributed by atoms with Gasteiger partial charge in [-0.1, -0.05) is 49.2 Å². The Morgan fingerprint density at radius 1 is 1.02 bits per heavy atom. The maximum Gasteiger partial charge on any atom is 0.329 e. The maximum absolute atomic E-state index is 14.4. The van der Waals surface area contributed by atoms with E-state index in [0.29, 0.717) is 17.1 Å². The van der Waals surface area contributed by atoms with Crippen molar-refractivity contribution in [1.29, 1.82) is 0 Å². The zero-order valence-electron chi connectivity index (χ0n) is 23.8. The lowest BCUT2D eigenvalue weighted by molar-refractivity contribution is -0.163. The molecule has 1 saturated carbocycles. The Bertz CT molecular complexity index is 1410. The Kier molecular flexibility index (Phi) is 9.37. The average Bonchev–Trinajstić information content (AvgIpc) is 3.52. The number of benzene rings is 3. The second-order valence-corrected chi connectivity index (χ2v) is 10.5. The van der Waals surface area contributed by atoms with Gasteiger partial charge in [-0.25, -0.2) is 13.6 Å². The largest absolute Gasteiger partial charge is 0.493 e. The lowest BCUT2D eigenvalue weighted by Crippen LogP contribution is -2.51. The smallest absolute Gasteiger partial charge is 0.329 e. The van der Waals surface area contributed by atoms with Crippen molar-refractivity contribution in [3.63, 3.8) is 0 Å². The molecule has 0 aromatic heterocycles. The van der Waals surface area contributed by atoms with E-state index in [0.717, 1.165) is 48.9 Å². The lowest BCUT2D eigenvalue weighted by Gasteiger charge is -2.38. The molecule has 1 aliphatic carbocycles. The van der Waals surface area contributed by atoms with E-state index in [1.165, 1.54) is 18.1 Å². The molecule has 1 heterocycles. The summed E-state index contributed by atoms with van der Waals surface area (Å²) in [6.45, 7) is 1.79. The number of carbonyl (C=O) groups is 2. The number of hydrogen-bond acceptors (Lipinski definition) is 6. The molecule has 0 bridgehead atoms. The van der Waals surface area contributed by atoms with Gasteiger partial charge in [0, 0.05) is 30.2 Å². The summed E-state index contributed by atoms with van der Waals surface area (Å²) in [6.07, 6.45) is 3.07. The molecule has 0 N–H and O–H groups in total. The van der Waals surface area contributed by atoms with Crippen LogP contribution >= 0.6 is 0 Å². The number of halogens is 2. The summed E-state index contributed by atoms with van der Waals surface area (Å²) in [5.41, 5.74) is 2.31. The standard InChI is InChI=1S/C33H35F2NO6/c1-3-40-33(38)28-18-26-22(14-16-29(39-2)31(26)41-20-23-13-15-24(34)17-27(23)35)19-36(28)32(37)30(21-9-5-4-6-10-21)42-25-11-7-8-12-25/h4-6,9-10,13-17,25,28,30H,3,7-8,11-12,18-20H2,1-2H3. The predicted molar refractivity (Wildman–Crippen MR) is 151 cm³/mol. The van der Waals surface area contributed by atoms with Gasteiger partial charge in [0.25, 0.3) is 5.91 Å². The van der Waals surface area contributed by atoms with E-state index in [1.54, 1.807) is 13.0 Å². The van der Waals surface area contributed by atoms with E-state index >= 15 is 0 Å². The lowest BCUT2D eigenvalue weighted by atomic mass is 9.91. The molecule has 1 aliphatic heterocycles. The molecule has 0 saturated heterocycles. The summed E-state index contributed by atoms with van der Waals surface area (Å²) < 4.78 is 51.2. The highest BCUT2D eigenvalue weighted by Gasteiger charge is 2.41. The van der Waals surface area contributed by atoms with Gasteiger partial charge in [0.05, 0.1) is 19.8 Å². The summed E-state index contributed by atoms with van der Waals surface area (Å²) >= 11 is 0. The number of ether oxygens (including phenoxy) is 4. The zero-order valence-corrected chi connectivity index (χ0v) is 23.8. The molecule has 42 heavy (non-hydrogen) atoms. The molecule has 2 aliphatic rings. The van der Waals surface area contributed by atoms with Crippen molar-refractivity contribution in [1.82, 2.24) is 4.90 Å². The van der Waals surface area contributed by atoms with Gasteiger partial charge in [-0.3, -0.25) is 4.79 Å². The van der Waals surface area contributed by atoms with Crippen LogP contribution in [0.3, 0.4) is 0 Å². The van der Waals surface area contributed by atoms with Crippen LogP contribution in [0.5, 0.6) is 11.5 Å². The van der Waals surface area contributed by atoms with Gasteiger partial charge in [0.15, 0.2) is 17.6 Å². The molecule has 222 valence electrons. The number of carbonyl (C=O) groups excluding carboxylic acids is 2. The van der Waals surface area contributed by atoms with Crippen LogP contribution in [-0.2, 0) is 38.6 Å². The molecule has 0 spiro atoms. The molecule has 2 atom stereocenters. The first kappa shape index (κ1) is 29.5. The van der Waals surface area contributed by atoms with Crippen LogP contribution < -0.4 is 9.47 Å². The fourth-order valence-corrected chi connectivity index (χ4v) is 5.68. The van der Waals surface area contributed by atoms with E-state index in [2.05, 4.69) is 0 Å². The van der Waals surface area contributed by atoms with Crippen molar-refractivity contribution in [2.24, 2.45) is 0 Å². The Labute approximate surface area is 244 Å². The summed E-state index contributed by atoms with van der Waals surface area (Å²) in [6, 6.07) is 15.2. The highest BCUT2D eigenvalue weighted by molar-refractivity contribution is 5.89. The second kappa shape index (κ2) is 13.3. The highest BCUT2D eigenvalue weighted by atomic mass is 19.1. The van der Waals surface area contributed by atoms with Gasteiger partial charge in [-0.15, -0.1) is 0 Å². The van der Waals surface area contributed by atoms with Gasteiger partial charge >= 0.3 is 5.97 Å². The number of hydrogen-bond donors (Lipinski definition) is 0. The van der Waals surface area contributed by atoms with Gasteiger partial charge in [-0.2, -0.15) is 0 Å². The Hall–Kier alpha value is -3.98. The number of methoxy groups -OCH3 is 1. The van der Waals surface area contributed by atoms with Gasteiger partial charge in [0.1, 0.15) is 24.3 Å². The molecule has 9 heteroatoms. The molecule has 5 rings (SSSR count). The van der Waals surface area contributed by atoms with E-state index < -0.39 is 29.7 Å². The van der Waals surface area contributed by atoms with Crippen molar-refractivity contribution < 1.29 is 37.3 Å². The molecule has 2 unspecified atom stereocenters. The number of rotatable bonds is 10. The molecule has 1 amide bonds. The summed E-state index contributed by atoms with van der Waals surface area (Å²) in [5.74, 6) is -1.54. The third-order valence-corrected chi connectivity index (χ3v) is 7.84. The van der Waals surface area contributed by atoms with Crippen LogP contribution in [0.2, 0.25) is 0 Å². The fourth-order valence-electron chi connectivity index (χ4n) is 5.68. The highest BCUT2D eigenvalue weighted by Crippen LogP contribution is 2.40. The number of nitrogens with zero attached hydrogens (tertiary/aromatic N) is 1. The van der Waals surface area contributed by atoms with Crippen LogP contribution in [0.25, 0.3) is 0 Å². The third kappa shape index (κ3) is 6.41. The fraction of sp³-hybridized carbons (Fsp3) is 0.394. The van der Waals surface area contributed by atoms with Gasteiger partial charge in [-0.05, 0) is 49.1 Å². The van der Waals surface area contributed by atoms with Crippen LogP contribution in [0.1, 0.15) is 61.0 Å². The van der Waals surface area contributed by atoms with Crippen molar-refractivity contribution >= 4 is 11.9 Å². The predicted octanol–water partition coefficient (Wildman–Crippen LogP) is 6.07. The van der Waals surface area contributed by atoms with E-state index in [4.69, 9.17) is 18.9 Å². The first-order valence-electron chi connectivity index (χ1n) is 14.3. The van der Waals surface area contributed by atoms with E-state index in [9.17, 15) is 18.4 Å². The third-order valence-electron chi connectivity index (χ3n) is 7.84. The zero-order chi connectivity index (χ0) is 29.6. The van der Waals surface area contributed by atoms with E-state index in [1.807, 2.05) is 36.4 Å². The van der Waals surface area contributed by atoms with Gasteiger partial charge in [0.2, 0.25) is 0 Å². The number of esters is 1. The van der Waals surface area contributed by atoms with Crippen LogP contribution in [0.15, 0.2) is 60.7 Å². The first-order valence-corrected chi connectivity index (χ1v) is 14.3. The molecule has 3 aromatic carbocycles. The molecule has 7 nitrogen and oxygen atoms in total. The first-order chi connectivity index (χ1) is 20.4. The SMILES string of the molecule is CCOC(=O)C1Cc2c(ccc(OC)c2OCc2ccc(F)cc2F)CN1C(=O)C(OC1CCCC1)c1ccccc1. The Morgan fingerprint density at radius 2 is 1.79 bits per heavy atom. The van der Waals surface area contributed by atoms with Crippen molar-refractivity contribution in [3.8, 4) is 11.5 Å². The van der Waals surface area contributed by atoms with Crippen molar-refractivity contribution in [3.05, 3.63) is 94.6 Å². The van der Waals surface area contributed by atoms with Crippen LogP contribution in [-0.4, -0.2) is 42.6 Å². The Balaban J connectivity index is 1.49. The minimum atomic E-state index is -0.944. The average molecular weight is 580 g/mol. The second-order valence-electron chi connectivity index (χ2n) is 10.5. The van der Waals surface area contributed by atoms with E-state index in [-0.39, 0.29) is 43.8 Å². The summed E-state index contributed by atoms with van der Waals surface area (Å²) in [7, 11) is 1.49. The summed E-state index contributed by atoms with van der Waals surface area (Å²) in [5, 5.41) is 0. The van der Waals surface area contributed by atoms with Crippen molar-refractivity contribution in [2.45, 2.75) is 70.4 Å². The molecule has 0 radical (unpaired) electrons. The number of amides is 1. The topological polar surface area (TPSA) is 74.3 Å². The summed E-state index contributed by atoms with van der Waals surface area (Å²) in [4.78, 5) is 29.1. The minimum absolute atomic E-state index is 0.0339. The molecular formula is C33H35F2NO6.